The third-order valence-corrected chi connectivity index (χ3v) is 4.32. The Balaban J connectivity index is 3.04. The van der Waals surface area contributed by atoms with Gasteiger partial charge in [-0.25, -0.2) is 9.59 Å². The minimum atomic E-state index is -0.989. The van der Waals surface area contributed by atoms with Crippen molar-refractivity contribution < 1.29 is 33.8 Å². The van der Waals surface area contributed by atoms with E-state index >= 15 is 0 Å². The van der Waals surface area contributed by atoms with E-state index < -0.39 is 23.8 Å². The average Bonchev–Trinajstić information content (AvgIpc) is 2.83. The summed E-state index contributed by atoms with van der Waals surface area (Å²) in [4.78, 5) is 46.9. The molecule has 0 saturated heterocycles. The lowest BCUT2D eigenvalue weighted by molar-refractivity contribution is -0.137. The zero-order valence-corrected chi connectivity index (χ0v) is 15.2. The lowest BCUT2D eigenvalue weighted by atomic mass is 10.1. The molecule has 1 aromatic heterocycles. The Hall–Kier alpha value is -2.42. The highest BCUT2D eigenvalue weighted by Crippen LogP contribution is 2.34. The lowest BCUT2D eigenvalue weighted by Gasteiger charge is -2.06. The van der Waals surface area contributed by atoms with Crippen LogP contribution < -0.4 is 5.32 Å². The van der Waals surface area contributed by atoms with Crippen LogP contribution in [0.2, 0.25) is 0 Å². The van der Waals surface area contributed by atoms with Crippen molar-refractivity contribution in [1.29, 1.82) is 0 Å². The summed E-state index contributed by atoms with van der Waals surface area (Å²) in [6, 6.07) is 0. The minimum absolute atomic E-state index is 0.0136. The highest BCUT2D eigenvalue weighted by molar-refractivity contribution is 7.18. The number of ether oxygens (including phenoxy) is 2. The third-order valence-electron chi connectivity index (χ3n) is 3.13. The van der Waals surface area contributed by atoms with E-state index in [9.17, 15) is 19.2 Å². The van der Waals surface area contributed by atoms with E-state index in [-0.39, 0.29) is 47.9 Å². The number of carbonyl (C=O) groups excluding carboxylic acids is 3. The SMILES string of the molecule is CCOC(=O)c1sc(NC(=O)CCCC(=O)O)c(C(=O)OCC)c1C. The Kier molecular flexibility index (Phi) is 8.06. The fourth-order valence-electron chi connectivity index (χ4n) is 2.03. The second-order valence-electron chi connectivity index (χ2n) is 5.00. The number of carboxylic acids is 1. The molecule has 0 aromatic carbocycles. The molecule has 0 atom stereocenters. The van der Waals surface area contributed by atoms with Crippen LogP contribution in [-0.2, 0) is 19.1 Å². The van der Waals surface area contributed by atoms with E-state index in [2.05, 4.69) is 5.32 Å². The van der Waals surface area contributed by atoms with E-state index in [1.165, 1.54) is 0 Å². The van der Waals surface area contributed by atoms with Crippen molar-refractivity contribution in [2.45, 2.75) is 40.0 Å². The number of carbonyl (C=O) groups is 4. The van der Waals surface area contributed by atoms with Crippen LogP contribution in [0.3, 0.4) is 0 Å². The Labute approximate surface area is 149 Å². The van der Waals surface area contributed by atoms with Gasteiger partial charge in [-0.2, -0.15) is 0 Å². The van der Waals surface area contributed by atoms with Gasteiger partial charge in [-0.15, -0.1) is 11.3 Å². The molecule has 1 heterocycles. The summed E-state index contributed by atoms with van der Waals surface area (Å²) in [7, 11) is 0. The fraction of sp³-hybridized carbons (Fsp3) is 0.500. The molecule has 0 fully saturated rings. The first-order chi connectivity index (χ1) is 11.8. The van der Waals surface area contributed by atoms with Crippen LogP contribution in [0.15, 0.2) is 0 Å². The van der Waals surface area contributed by atoms with Gasteiger partial charge in [-0.3, -0.25) is 9.59 Å². The lowest BCUT2D eigenvalue weighted by Crippen LogP contribution is -2.15. The fourth-order valence-corrected chi connectivity index (χ4v) is 3.14. The molecule has 138 valence electrons. The molecule has 0 radical (unpaired) electrons. The molecule has 0 saturated carbocycles. The number of rotatable bonds is 9. The van der Waals surface area contributed by atoms with E-state index in [0.29, 0.717) is 5.56 Å². The maximum Gasteiger partial charge on any atom is 0.348 e. The molecule has 1 aromatic rings. The number of aliphatic carboxylic acids is 1. The van der Waals surface area contributed by atoms with Crippen LogP contribution in [0.1, 0.15) is 58.7 Å². The summed E-state index contributed by atoms with van der Waals surface area (Å²) in [5, 5.41) is 11.4. The van der Waals surface area contributed by atoms with Crippen molar-refractivity contribution >= 4 is 40.2 Å². The van der Waals surface area contributed by atoms with Crippen LogP contribution in [-0.4, -0.2) is 42.1 Å². The number of hydrogen-bond acceptors (Lipinski definition) is 7. The summed E-state index contributed by atoms with van der Waals surface area (Å²) in [5.74, 6) is -2.66. The van der Waals surface area contributed by atoms with Gasteiger partial charge in [0.1, 0.15) is 9.88 Å². The summed E-state index contributed by atoms with van der Waals surface area (Å²) in [6.45, 7) is 5.22. The number of nitrogens with one attached hydrogen (secondary N) is 1. The van der Waals surface area contributed by atoms with Crippen LogP contribution >= 0.6 is 11.3 Å². The molecule has 0 unspecified atom stereocenters. The van der Waals surface area contributed by atoms with Crippen molar-refractivity contribution in [3.05, 3.63) is 16.0 Å². The first-order valence-corrected chi connectivity index (χ1v) is 8.62. The van der Waals surface area contributed by atoms with Crippen molar-refractivity contribution in [1.82, 2.24) is 0 Å². The maximum absolute atomic E-state index is 12.2. The van der Waals surface area contributed by atoms with E-state index in [1.807, 2.05) is 0 Å². The standard InChI is InChI=1S/C16H21NO7S/c1-4-23-15(21)12-9(3)13(16(22)24-5-2)25-14(12)17-10(18)7-6-8-11(19)20/h4-8H2,1-3H3,(H,17,18)(H,19,20). The van der Waals surface area contributed by atoms with E-state index in [4.69, 9.17) is 14.6 Å². The van der Waals surface area contributed by atoms with E-state index in [1.54, 1.807) is 20.8 Å². The van der Waals surface area contributed by atoms with Crippen LogP contribution in [0.25, 0.3) is 0 Å². The first-order valence-electron chi connectivity index (χ1n) is 7.81. The van der Waals surface area contributed by atoms with Gasteiger partial charge in [-0.05, 0) is 32.8 Å². The molecular weight excluding hydrogens is 350 g/mol. The van der Waals surface area contributed by atoms with Gasteiger partial charge in [0, 0.05) is 12.8 Å². The molecule has 1 amide bonds. The quantitative estimate of drug-likeness (QED) is 0.640. The maximum atomic E-state index is 12.2. The summed E-state index contributed by atoms with van der Waals surface area (Å²) in [5.41, 5.74) is 0.490. The van der Waals surface area contributed by atoms with Gasteiger partial charge in [0.15, 0.2) is 0 Å². The normalized spacial score (nSPS) is 10.2. The molecule has 25 heavy (non-hydrogen) atoms. The van der Waals surface area contributed by atoms with Crippen molar-refractivity contribution in [2.24, 2.45) is 0 Å². The van der Waals surface area contributed by atoms with Crippen LogP contribution in [0.4, 0.5) is 5.00 Å². The molecule has 1 rings (SSSR count). The molecule has 2 N–H and O–H groups in total. The second-order valence-corrected chi connectivity index (χ2v) is 6.02. The largest absolute Gasteiger partial charge is 0.481 e. The molecule has 0 aliphatic heterocycles. The smallest absolute Gasteiger partial charge is 0.348 e. The molecule has 0 aliphatic rings. The highest BCUT2D eigenvalue weighted by atomic mass is 32.1. The zero-order valence-electron chi connectivity index (χ0n) is 14.3. The molecule has 9 heteroatoms. The summed E-state index contributed by atoms with van der Waals surface area (Å²) in [6.07, 6.45) is 0.0287. The molecule has 0 bridgehead atoms. The average molecular weight is 371 g/mol. The molecule has 8 nitrogen and oxygen atoms in total. The van der Waals surface area contributed by atoms with Gasteiger partial charge in [-0.1, -0.05) is 0 Å². The monoisotopic (exact) mass is 371 g/mol. The Bertz CT molecular complexity index is 666. The van der Waals surface area contributed by atoms with Gasteiger partial charge in [0.05, 0.1) is 18.8 Å². The van der Waals surface area contributed by atoms with Gasteiger partial charge in [0.25, 0.3) is 0 Å². The van der Waals surface area contributed by atoms with Crippen LogP contribution in [0, 0.1) is 6.92 Å². The van der Waals surface area contributed by atoms with Crippen LogP contribution in [0.5, 0.6) is 0 Å². The Morgan fingerprint density at radius 3 is 2.20 bits per heavy atom. The number of amides is 1. The summed E-state index contributed by atoms with van der Waals surface area (Å²) < 4.78 is 9.94. The predicted octanol–water partition coefficient (Wildman–Crippen LogP) is 2.60. The zero-order chi connectivity index (χ0) is 19.0. The first kappa shape index (κ1) is 20.6. The van der Waals surface area contributed by atoms with Gasteiger partial charge >= 0.3 is 17.9 Å². The van der Waals surface area contributed by atoms with Gasteiger partial charge in [0.2, 0.25) is 5.91 Å². The summed E-state index contributed by atoms with van der Waals surface area (Å²) >= 11 is 0.933. The molecular formula is C16H21NO7S. The topological polar surface area (TPSA) is 119 Å². The number of hydrogen-bond donors (Lipinski definition) is 2. The van der Waals surface area contributed by atoms with E-state index in [0.717, 1.165) is 11.3 Å². The molecule has 0 spiro atoms. The second kappa shape index (κ2) is 9.77. The predicted molar refractivity (Wildman–Crippen MR) is 91.1 cm³/mol. The number of thiophene rings is 1. The third kappa shape index (κ3) is 5.86. The van der Waals surface area contributed by atoms with Crippen molar-refractivity contribution in [3.8, 4) is 0 Å². The Morgan fingerprint density at radius 1 is 1.04 bits per heavy atom. The number of carboxylic acid groups (broad SMARTS) is 1. The minimum Gasteiger partial charge on any atom is -0.481 e. The van der Waals surface area contributed by atoms with Crippen molar-refractivity contribution in [2.75, 3.05) is 18.5 Å². The van der Waals surface area contributed by atoms with Gasteiger partial charge < -0.3 is 19.9 Å². The number of esters is 2. The number of anilines is 1. The highest BCUT2D eigenvalue weighted by Gasteiger charge is 2.27. The molecule has 0 aliphatic carbocycles. The van der Waals surface area contributed by atoms with Crippen molar-refractivity contribution in [3.63, 3.8) is 0 Å². The Morgan fingerprint density at radius 2 is 1.64 bits per heavy atom.